The molecule has 1 aromatic heterocycles. The van der Waals surface area contributed by atoms with Crippen LogP contribution in [0.25, 0.3) is 0 Å². The van der Waals surface area contributed by atoms with Crippen molar-refractivity contribution in [2.24, 2.45) is 0 Å². The average Bonchev–Trinajstić information content (AvgIpc) is 2.72. The van der Waals surface area contributed by atoms with E-state index in [0.29, 0.717) is 51.5 Å². The predicted molar refractivity (Wildman–Crippen MR) is 116 cm³/mol. The van der Waals surface area contributed by atoms with E-state index in [0.717, 1.165) is 5.75 Å². The van der Waals surface area contributed by atoms with Crippen LogP contribution in [-0.4, -0.2) is 42.5 Å². The quantitative estimate of drug-likeness (QED) is 0.391. The minimum Gasteiger partial charge on any atom is -0.493 e. The van der Waals surface area contributed by atoms with Crippen molar-refractivity contribution in [3.05, 3.63) is 50.9 Å². The minimum absolute atomic E-state index is 0.309. The molecule has 30 heavy (non-hydrogen) atoms. The minimum atomic E-state index is -0.671. The number of rotatable bonds is 7. The van der Waals surface area contributed by atoms with Crippen molar-refractivity contribution in [3.8, 4) is 11.5 Å². The lowest BCUT2D eigenvalue weighted by Crippen LogP contribution is -2.31. The van der Waals surface area contributed by atoms with Gasteiger partial charge in [0.25, 0.3) is 5.56 Å². The number of nitrogens with zero attached hydrogens (tertiary/aromatic N) is 1. The second-order valence-corrected chi connectivity index (χ2v) is 7.75. The molecule has 1 aliphatic rings. The van der Waals surface area contributed by atoms with Gasteiger partial charge in [-0.25, -0.2) is 9.78 Å². The number of hydrogen-bond donors (Lipinski definition) is 2. The third kappa shape index (κ3) is 4.02. The number of aromatic nitrogens is 2. The summed E-state index contributed by atoms with van der Waals surface area (Å²) in [4.78, 5) is 33.1. The maximum Gasteiger partial charge on any atom is 0.336 e. The van der Waals surface area contributed by atoms with Crippen LogP contribution >= 0.6 is 11.8 Å². The van der Waals surface area contributed by atoms with Gasteiger partial charge >= 0.3 is 5.97 Å². The molecule has 0 spiro atoms. The van der Waals surface area contributed by atoms with Gasteiger partial charge in [-0.1, -0.05) is 24.8 Å². The van der Waals surface area contributed by atoms with Crippen LogP contribution in [0.3, 0.4) is 0 Å². The number of anilines is 1. The van der Waals surface area contributed by atoms with E-state index in [1.807, 2.05) is 19.9 Å². The van der Waals surface area contributed by atoms with E-state index in [1.165, 1.54) is 18.9 Å². The monoisotopic (exact) mass is 431 g/mol. The van der Waals surface area contributed by atoms with Gasteiger partial charge in [0.15, 0.2) is 16.7 Å². The van der Waals surface area contributed by atoms with Crippen LogP contribution in [0.2, 0.25) is 0 Å². The molecule has 2 aromatic rings. The molecular formula is C21H25N3O5S. The summed E-state index contributed by atoms with van der Waals surface area (Å²) in [6, 6.07) is 5.35. The summed E-state index contributed by atoms with van der Waals surface area (Å²) in [5.74, 6) is 1.10. The molecule has 0 amide bonds. The van der Waals surface area contributed by atoms with Crippen molar-refractivity contribution in [2.75, 3.05) is 31.9 Å². The summed E-state index contributed by atoms with van der Waals surface area (Å²) < 4.78 is 16.1. The summed E-state index contributed by atoms with van der Waals surface area (Å²) in [6.45, 7) is 6.07. The van der Waals surface area contributed by atoms with E-state index < -0.39 is 11.9 Å². The Hall–Kier alpha value is -2.94. The molecule has 0 fully saturated rings. The molecule has 1 unspecified atom stereocenters. The number of fused-ring (bicyclic) bond motifs is 1. The van der Waals surface area contributed by atoms with Gasteiger partial charge in [0.1, 0.15) is 5.82 Å². The topological polar surface area (TPSA) is 103 Å². The molecule has 1 aromatic carbocycles. The number of thioether (sulfide) groups is 1. The Bertz CT molecular complexity index is 1050. The molecule has 0 bridgehead atoms. The maximum absolute atomic E-state index is 13.1. The van der Waals surface area contributed by atoms with Crippen LogP contribution in [0.5, 0.6) is 11.5 Å². The highest BCUT2D eigenvalue weighted by atomic mass is 32.2. The predicted octanol–water partition coefficient (Wildman–Crippen LogP) is 3.29. The first kappa shape index (κ1) is 21.8. The first-order valence-electron chi connectivity index (χ1n) is 9.58. The number of ether oxygens (including phenoxy) is 3. The third-order valence-corrected chi connectivity index (χ3v) is 5.48. The van der Waals surface area contributed by atoms with E-state index >= 15 is 0 Å². The first-order valence-corrected chi connectivity index (χ1v) is 10.6. The van der Waals surface area contributed by atoms with Crippen LogP contribution in [0.15, 0.2) is 39.4 Å². The van der Waals surface area contributed by atoms with Gasteiger partial charge < -0.3 is 24.5 Å². The fraction of sp³-hybridized carbons (Fsp3) is 0.381. The van der Waals surface area contributed by atoms with Gasteiger partial charge in [0, 0.05) is 5.70 Å². The number of aromatic amines is 1. The highest BCUT2D eigenvalue weighted by Crippen LogP contribution is 2.42. The zero-order valence-electron chi connectivity index (χ0n) is 17.6. The largest absolute Gasteiger partial charge is 0.493 e. The van der Waals surface area contributed by atoms with Crippen molar-refractivity contribution in [1.82, 2.24) is 9.97 Å². The average molecular weight is 432 g/mol. The zero-order chi connectivity index (χ0) is 21.8. The Labute approximate surface area is 179 Å². The van der Waals surface area contributed by atoms with Gasteiger partial charge in [-0.2, -0.15) is 0 Å². The Balaban J connectivity index is 2.26. The molecule has 3 rings (SSSR count). The lowest BCUT2D eigenvalue weighted by molar-refractivity contribution is -0.136. The van der Waals surface area contributed by atoms with Crippen molar-refractivity contribution in [1.29, 1.82) is 0 Å². The molecule has 0 aliphatic carbocycles. The standard InChI is InChI=1S/C21H25N3O5S/c1-6-29-14-10-12(8-9-13(14)27-4)16-15(20(26)28-5)11(3)22-18-17(16)19(25)24-21(23-18)30-7-2/h8-10,16H,6-7H2,1-5H3,(H2,22,23,24,25). The molecule has 8 nitrogen and oxygen atoms in total. The van der Waals surface area contributed by atoms with Gasteiger partial charge in [-0.3, -0.25) is 4.79 Å². The Morgan fingerprint density at radius 2 is 2.00 bits per heavy atom. The van der Waals surface area contributed by atoms with E-state index in [9.17, 15) is 9.59 Å². The van der Waals surface area contributed by atoms with Crippen molar-refractivity contribution in [3.63, 3.8) is 0 Å². The molecule has 160 valence electrons. The smallest absolute Gasteiger partial charge is 0.336 e. The summed E-state index contributed by atoms with van der Waals surface area (Å²) in [7, 11) is 2.88. The molecule has 2 N–H and O–H groups in total. The van der Waals surface area contributed by atoms with Crippen LogP contribution < -0.4 is 20.3 Å². The number of H-pyrrole nitrogens is 1. The van der Waals surface area contributed by atoms with Crippen molar-refractivity contribution >= 4 is 23.5 Å². The normalized spacial score (nSPS) is 15.3. The highest BCUT2D eigenvalue weighted by Gasteiger charge is 2.36. The van der Waals surface area contributed by atoms with Crippen LogP contribution in [0.1, 0.15) is 37.8 Å². The SMILES string of the molecule is CCOc1cc(C2C(C(=O)OC)=C(C)Nc3nc(SCC)[nH]c(=O)c32)ccc1OC. The van der Waals surface area contributed by atoms with Gasteiger partial charge in [0.05, 0.1) is 37.9 Å². The van der Waals surface area contributed by atoms with Crippen LogP contribution in [-0.2, 0) is 9.53 Å². The Morgan fingerprint density at radius 3 is 2.63 bits per heavy atom. The highest BCUT2D eigenvalue weighted by molar-refractivity contribution is 7.99. The number of benzene rings is 1. The third-order valence-electron chi connectivity index (χ3n) is 4.73. The van der Waals surface area contributed by atoms with Crippen LogP contribution in [0, 0.1) is 0 Å². The van der Waals surface area contributed by atoms with Gasteiger partial charge in [-0.15, -0.1) is 0 Å². The van der Waals surface area contributed by atoms with Crippen LogP contribution in [0.4, 0.5) is 5.82 Å². The lowest BCUT2D eigenvalue weighted by atomic mass is 9.82. The molecule has 1 atom stereocenters. The van der Waals surface area contributed by atoms with Crippen molar-refractivity contribution < 1.29 is 19.0 Å². The summed E-state index contributed by atoms with van der Waals surface area (Å²) in [5.41, 5.74) is 1.68. The number of allylic oxidation sites excluding steroid dienone is 1. The Kier molecular flexibility index (Phi) is 6.71. The number of nitrogens with one attached hydrogen (secondary N) is 2. The van der Waals surface area contributed by atoms with E-state index in [4.69, 9.17) is 14.2 Å². The van der Waals surface area contributed by atoms with E-state index in [1.54, 1.807) is 26.2 Å². The molecule has 0 saturated heterocycles. The Morgan fingerprint density at radius 1 is 1.23 bits per heavy atom. The van der Waals surface area contributed by atoms with Gasteiger partial charge in [-0.05, 0) is 37.3 Å². The summed E-state index contributed by atoms with van der Waals surface area (Å²) in [6.07, 6.45) is 0. The number of methoxy groups -OCH3 is 2. The molecule has 9 heteroatoms. The zero-order valence-corrected chi connectivity index (χ0v) is 18.4. The fourth-order valence-electron chi connectivity index (χ4n) is 3.49. The second-order valence-electron chi connectivity index (χ2n) is 6.50. The maximum atomic E-state index is 13.1. The fourth-order valence-corrected chi connectivity index (χ4v) is 4.09. The summed E-state index contributed by atoms with van der Waals surface area (Å²) in [5, 5.41) is 3.63. The molecule has 0 radical (unpaired) electrons. The van der Waals surface area contributed by atoms with Crippen molar-refractivity contribution in [2.45, 2.75) is 31.8 Å². The molecule has 0 saturated carbocycles. The number of carbonyl (C=O) groups excluding carboxylic acids is 1. The van der Waals surface area contributed by atoms with E-state index in [-0.39, 0.29) is 5.56 Å². The number of carbonyl (C=O) groups is 1. The second kappa shape index (κ2) is 9.25. The number of esters is 1. The van der Waals surface area contributed by atoms with Gasteiger partial charge in [0.2, 0.25) is 0 Å². The summed E-state index contributed by atoms with van der Waals surface area (Å²) >= 11 is 1.44. The molecule has 2 heterocycles. The number of hydrogen-bond acceptors (Lipinski definition) is 8. The first-order chi connectivity index (χ1) is 14.4. The molecular weight excluding hydrogens is 406 g/mol. The molecule has 1 aliphatic heterocycles. The van der Waals surface area contributed by atoms with E-state index in [2.05, 4.69) is 15.3 Å². The lowest BCUT2D eigenvalue weighted by Gasteiger charge is -2.29.